The van der Waals surface area contributed by atoms with Gasteiger partial charge in [0.1, 0.15) is 11.5 Å². The van der Waals surface area contributed by atoms with E-state index >= 15 is 0 Å². The number of unbranched alkanes of at least 4 members (excludes halogenated alkanes) is 2. The maximum Gasteiger partial charge on any atom is 0.267 e. The first-order valence-electron chi connectivity index (χ1n) is 9.05. The van der Waals surface area contributed by atoms with Crippen LogP contribution < -0.4 is 4.74 Å². The third-order valence-electron chi connectivity index (χ3n) is 4.43. The highest BCUT2D eigenvalue weighted by atomic mass is 32.2. The van der Waals surface area contributed by atoms with E-state index in [4.69, 9.17) is 9.15 Å². The van der Waals surface area contributed by atoms with Crippen LogP contribution in [-0.2, 0) is 15.3 Å². The lowest BCUT2D eigenvalue weighted by molar-refractivity contribution is -0.136. The smallest absolute Gasteiger partial charge is 0.267 e. The summed E-state index contributed by atoms with van der Waals surface area (Å²) < 4.78 is 10.6. The molecule has 2 amide bonds. The molecule has 27 heavy (non-hydrogen) atoms. The number of carbonyl (C=O) groups excluding carboxylic acids is 2. The Bertz CT molecular complexity index is 824. The van der Waals surface area contributed by atoms with Crippen molar-refractivity contribution in [2.24, 2.45) is 0 Å². The van der Waals surface area contributed by atoms with Gasteiger partial charge in [0.05, 0.1) is 29.6 Å². The number of hydrogen-bond acceptors (Lipinski definition) is 5. The highest BCUT2D eigenvalue weighted by Crippen LogP contribution is 2.38. The molecule has 3 rings (SSSR count). The molecule has 0 bridgehead atoms. The molecule has 6 heteroatoms. The fraction of sp³-hybridized carbons (Fsp3) is 0.333. The second-order valence-electron chi connectivity index (χ2n) is 6.27. The molecule has 0 spiro atoms. The van der Waals surface area contributed by atoms with Crippen LogP contribution in [0.25, 0.3) is 5.57 Å². The van der Waals surface area contributed by atoms with E-state index in [9.17, 15) is 9.59 Å². The van der Waals surface area contributed by atoms with E-state index in [0.29, 0.717) is 28.5 Å². The SMILES string of the molecule is CCCCCN1C(=O)C(SCc2ccco2)=C(c2ccc(OC)cc2)C1=O. The van der Waals surface area contributed by atoms with Gasteiger partial charge in [-0.2, -0.15) is 0 Å². The van der Waals surface area contributed by atoms with Crippen LogP contribution >= 0.6 is 11.8 Å². The quantitative estimate of drug-likeness (QED) is 0.470. The van der Waals surface area contributed by atoms with Gasteiger partial charge in [-0.05, 0) is 36.2 Å². The zero-order valence-electron chi connectivity index (χ0n) is 15.6. The summed E-state index contributed by atoms with van der Waals surface area (Å²) in [6.07, 6.45) is 4.45. The van der Waals surface area contributed by atoms with Crippen LogP contribution in [0.2, 0.25) is 0 Å². The average molecular weight is 385 g/mol. The summed E-state index contributed by atoms with van der Waals surface area (Å²) in [5.74, 6) is 1.55. The lowest BCUT2D eigenvalue weighted by Gasteiger charge is -2.14. The van der Waals surface area contributed by atoms with E-state index in [-0.39, 0.29) is 11.8 Å². The number of imide groups is 1. The van der Waals surface area contributed by atoms with Crippen molar-refractivity contribution in [3.05, 3.63) is 58.9 Å². The van der Waals surface area contributed by atoms with Crippen molar-refractivity contribution in [3.63, 3.8) is 0 Å². The fourth-order valence-electron chi connectivity index (χ4n) is 2.96. The first-order valence-corrected chi connectivity index (χ1v) is 10.0. The second-order valence-corrected chi connectivity index (χ2v) is 7.26. The van der Waals surface area contributed by atoms with Crippen molar-refractivity contribution >= 4 is 29.1 Å². The van der Waals surface area contributed by atoms with Gasteiger partial charge < -0.3 is 9.15 Å². The number of nitrogens with zero attached hydrogens (tertiary/aromatic N) is 1. The first-order chi connectivity index (χ1) is 13.2. The van der Waals surface area contributed by atoms with Crippen molar-refractivity contribution in [2.75, 3.05) is 13.7 Å². The molecule has 5 nitrogen and oxygen atoms in total. The van der Waals surface area contributed by atoms with Gasteiger partial charge in [-0.3, -0.25) is 14.5 Å². The fourth-order valence-corrected chi connectivity index (χ4v) is 4.00. The molecule has 1 aromatic carbocycles. The lowest BCUT2D eigenvalue weighted by Crippen LogP contribution is -2.32. The molecule has 2 heterocycles. The first kappa shape index (κ1) is 19.3. The Kier molecular flexibility index (Phi) is 6.40. The van der Waals surface area contributed by atoms with Gasteiger partial charge in [0, 0.05) is 6.54 Å². The number of hydrogen-bond donors (Lipinski definition) is 0. The summed E-state index contributed by atoms with van der Waals surface area (Å²) in [6, 6.07) is 10.9. The van der Waals surface area contributed by atoms with E-state index in [1.807, 2.05) is 24.3 Å². The van der Waals surface area contributed by atoms with Gasteiger partial charge in [-0.1, -0.05) is 31.9 Å². The summed E-state index contributed by atoms with van der Waals surface area (Å²) >= 11 is 1.35. The topological polar surface area (TPSA) is 59.8 Å². The minimum Gasteiger partial charge on any atom is -0.497 e. The molecule has 0 aliphatic carbocycles. The second kappa shape index (κ2) is 8.95. The van der Waals surface area contributed by atoms with Crippen LogP contribution in [0.3, 0.4) is 0 Å². The van der Waals surface area contributed by atoms with Gasteiger partial charge in [0.15, 0.2) is 0 Å². The number of ether oxygens (including phenoxy) is 1. The Morgan fingerprint density at radius 1 is 1.07 bits per heavy atom. The van der Waals surface area contributed by atoms with Crippen LogP contribution in [0.1, 0.15) is 37.5 Å². The number of methoxy groups -OCH3 is 1. The van der Waals surface area contributed by atoms with Crippen LogP contribution in [-0.4, -0.2) is 30.4 Å². The average Bonchev–Trinajstić information content (AvgIpc) is 3.28. The van der Waals surface area contributed by atoms with Crippen molar-refractivity contribution in [1.29, 1.82) is 0 Å². The van der Waals surface area contributed by atoms with Crippen molar-refractivity contribution in [3.8, 4) is 5.75 Å². The number of furan rings is 1. The Labute approximate surface area is 163 Å². The maximum atomic E-state index is 13.0. The number of amides is 2. The Morgan fingerprint density at radius 2 is 1.85 bits per heavy atom. The highest BCUT2D eigenvalue weighted by Gasteiger charge is 2.38. The highest BCUT2D eigenvalue weighted by molar-refractivity contribution is 8.03. The Balaban J connectivity index is 1.89. The summed E-state index contributed by atoms with van der Waals surface area (Å²) in [5, 5.41) is 0. The molecule has 0 saturated carbocycles. The number of carbonyl (C=O) groups is 2. The van der Waals surface area contributed by atoms with Gasteiger partial charge in [0.25, 0.3) is 11.8 Å². The van der Waals surface area contributed by atoms with Gasteiger partial charge in [-0.15, -0.1) is 11.8 Å². The van der Waals surface area contributed by atoms with Crippen LogP contribution in [0.15, 0.2) is 52.0 Å². The number of thioether (sulfide) groups is 1. The molecule has 142 valence electrons. The molecule has 0 radical (unpaired) electrons. The molecule has 0 saturated heterocycles. The summed E-state index contributed by atoms with van der Waals surface area (Å²) in [7, 11) is 1.60. The van der Waals surface area contributed by atoms with Crippen LogP contribution in [0.5, 0.6) is 5.75 Å². The molecule has 0 unspecified atom stereocenters. The maximum absolute atomic E-state index is 13.0. The molecule has 1 aliphatic heterocycles. The molecular formula is C21H23NO4S. The molecule has 1 aromatic heterocycles. The van der Waals surface area contributed by atoms with Crippen molar-refractivity contribution in [2.45, 2.75) is 31.9 Å². The molecule has 0 N–H and O–H groups in total. The third kappa shape index (κ3) is 4.27. The summed E-state index contributed by atoms with van der Waals surface area (Å²) in [4.78, 5) is 27.8. The minimum atomic E-state index is -0.219. The van der Waals surface area contributed by atoms with Crippen molar-refractivity contribution in [1.82, 2.24) is 4.90 Å². The Hall–Kier alpha value is -2.47. The van der Waals surface area contributed by atoms with E-state index in [0.717, 1.165) is 30.6 Å². The zero-order valence-corrected chi connectivity index (χ0v) is 16.4. The van der Waals surface area contributed by atoms with E-state index in [2.05, 4.69) is 6.92 Å². The normalized spacial score (nSPS) is 14.4. The zero-order chi connectivity index (χ0) is 19.2. The van der Waals surface area contributed by atoms with E-state index in [1.54, 1.807) is 25.5 Å². The third-order valence-corrected chi connectivity index (χ3v) is 5.52. The standard InChI is InChI=1S/C21H23NO4S/c1-3-4-5-12-22-20(23)18(15-8-10-16(25-2)11-9-15)19(21(22)24)27-14-17-7-6-13-26-17/h6-11,13H,3-5,12,14H2,1-2H3. The van der Waals surface area contributed by atoms with Crippen molar-refractivity contribution < 1.29 is 18.7 Å². The predicted molar refractivity (Wildman–Crippen MR) is 106 cm³/mol. The van der Waals surface area contributed by atoms with Gasteiger partial charge in [0.2, 0.25) is 0 Å². The van der Waals surface area contributed by atoms with Gasteiger partial charge >= 0.3 is 0 Å². The molecule has 0 fully saturated rings. The van der Waals surface area contributed by atoms with E-state index in [1.165, 1.54) is 16.7 Å². The number of rotatable bonds is 9. The van der Waals surface area contributed by atoms with E-state index < -0.39 is 0 Å². The largest absolute Gasteiger partial charge is 0.497 e. The molecule has 0 atom stereocenters. The Morgan fingerprint density at radius 3 is 2.48 bits per heavy atom. The summed E-state index contributed by atoms with van der Waals surface area (Å²) in [5.41, 5.74) is 1.20. The lowest BCUT2D eigenvalue weighted by atomic mass is 10.1. The predicted octanol–water partition coefficient (Wildman–Crippen LogP) is 4.49. The van der Waals surface area contributed by atoms with Gasteiger partial charge in [-0.25, -0.2) is 0 Å². The minimum absolute atomic E-state index is 0.210. The number of benzene rings is 1. The van der Waals surface area contributed by atoms with Crippen LogP contribution in [0, 0.1) is 0 Å². The molecule has 1 aliphatic rings. The summed E-state index contributed by atoms with van der Waals surface area (Å²) in [6.45, 7) is 2.55. The van der Waals surface area contributed by atoms with Crippen LogP contribution in [0.4, 0.5) is 0 Å². The molecular weight excluding hydrogens is 362 g/mol. The monoisotopic (exact) mass is 385 g/mol. The molecule has 2 aromatic rings.